The Morgan fingerprint density at radius 1 is 0.933 bits per heavy atom. The van der Waals surface area contributed by atoms with Gasteiger partial charge in [-0.25, -0.2) is 0 Å². The van der Waals surface area contributed by atoms with Gasteiger partial charge >= 0.3 is 0 Å². The second-order valence-electron chi connectivity index (χ2n) is 5.59. The summed E-state index contributed by atoms with van der Waals surface area (Å²) in [4.78, 5) is 11.4. The minimum absolute atomic E-state index is 0.216. The molecule has 90 valence electrons. The van der Waals surface area contributed by atoms with Crippen molar-refractivity contribution in [1.82, 2.24) is 0 Å². The van der Waals surface area contributed by atoms with E-state index < -0.39 is 0 Å². The summed E-state index contributed by atoms with van der Waals surface area (Å²) in [6.45, 7) is 10.8. The normalized spacial score (nSPS) is 13.5. The van der Waals surface area contributed by atoms with E-state index in [0.717, 1.165) is 18.8 Å². The molecule has 0 rings (SSSR count). The summed E-state index contributed by atoms with van der Waals surface area (Å²) in [7, 11) is 0. The molecule has 0 aliphatic heterocycles. The summed E-state index contributed by atoms with van der Waals surface area (Å²) < 4.78 is 0. The summed E-state index contributed by atoms with van der Waals surface area (Å²) in [5.74, 6) is 2.17. The van der Waals surface area contributed by atoms with Gasteiger partial charge in [0.15, 0.2) is 0 Å². The molecule has 0 heterocycles. The molecule has 0 aliphatic carbocycles. The third-order valence-electron chi connectivity index (χ3n) is 3.01. The molecule has 0 aromatic rings. The number of carbonyl (C=O) groups excluding carboxylic acids is 1. The maximum absolute atomic E-state index is 11.4. The number of ketones is 1. The lowest BCUT2D eigenvalue weighted by Crippen LogP contribution is -2.08. The zero-order valence-corrected chi connectivity index (χ0v) is 11.2. The van der Waals surface area contributed by atoms with Crippen molar-refractivity contribution in [2.24, 2.45) is 17.8 Å². The molecule has 0 aromatic carbocycles. The van der Waals surface area contributed by atoms with Crippen LogP contribution < -0.4 is 0 Å². The van der Waals surface area contributed by atoms with Crippen LogP contribution in [-0.4, -0.2) is 5.78 Å². The van der Waals surface area contributed by atoms with Gasteiger partial charge in [0.1, 0.15) is 5.78 Å². The molecule has 0 aromatic heterocycles. The highest BCUT2D eigenvalue weighted by Gasteiger charge is 2.09. The molecular formula is C14H28O. The highest BCUT2D eigenvalue weighted by molar-refractivity contribution is 5.80. The van der Waals surface area contributed by atoms with Crippen LogP contribution in [0.4, 0.5) is 0 Å². The predicted molar refractivity (Wildman–Crippen MR) is 66.9 cm³/mol. The van der Waals surface area contributed by atoms with Crippen LogP contribution in [-0.2, 0) is 4.79 Å². The Morgan fingerprint density at radius 2 is 1.53 bits per heavy atom. The molecule has 15 heavy (non-hydrogen) atoms. The fourth-order valence-corrected chi connectivity index (χ4v) is 1.70. The third-order valence-corrected chi connectivity index (χ3v) is 3.01. The van der Waals surface area contributed by atoms with Crippen molar-refractivity contribution in [2.45, 2.75) is 66.7 Å². The summed E-state index contributed by atoms with van der Waals surface area (Å²) in [6.07, 6.45) is 5.77. The van der Waals surface area contributed by atoms with Gasteiger partial charge in [-0.3, -0.25) is 4.79 Å². The molecule has 0 amide bonds. The maximum Gasteiger partial charge on any atom is 0.135 e. The molecule has 1 unspecified atom stereocenters. The van der Waals surface area contributed by atoms with E-state index in [1.165, 1.54) is 19.3 Å². The van der Waals surface area contributed by atoms with Gasteiger partial charge in [0.05, 0.1) is 0 Å². The van der Waals surface area contributed by atoms with Gasteiger partial charge in [0, 0.05) is 12.3 Å². The van der Waals surface area contributed by atoms with Gasteiger partial charge in [0.25, 0.3) is 0 Å². The first-order valence-electron chi connectivity index (χ1n) is 6.46. The van der Waals surface area contributed by atoms with Crippen molar-refractivity contribution in [3.8, 4) is 0 Å². The lowest BCUT2D eigenvalue weighted by atomic mass is 9.93. The van der Waals surface area contributed by atoms with Gasteiger partial charge in [0.2, 0.25) is 0 Å². The quantitative estimate of drug-likeness (QED) is 0.581. The largest absolute Gasteiger partial charge is 0.299 e. The Hall–Kier alpha value is -0.330. The standard InChI is InChI=1S/C14H28O/c1-11(2)7-6-8-13(5)9-10-14(15)12(3)4/h11-13H,6-10H2,1-5H3. The van der Waals surface area contributed by atoms with Crippen molar-refractivity contribution in [2.75, 3.05) is 0 Å². The average molecular weight is 212 g/mol. The molecule has 1 heteroatoms. The Morgan fingerprint density at radius 3 is 2.00 bits per heavy atom. The molecule has 0 bridgehead atoms. The zero-order chi connectivity index (χ0) is 11.8. The van der Waals surface area contributed by atoms with Crippen LogP contribution in [0.1, 0.15) is 66.7 Å². The summed E-state index contributed by atoms with van der Waals surface area (Å²) in [5, 5.41) is 0. The van der Waals surface area contributed by atoms with Crippen molar-refractivity contribution in [3.05, 3.63) is 0 Å². The number of hydrogen-bond donors (Lipinski definition) is 0. The van der Waals surface area contributed by atoms with E-state index in [0.29, 0.717) is 11.7 Å². The average Bonchev–Trinajstić information content (AvgIpc) is 2.13. The van der Waals surface area contributed by atoms with E-state index in [-0.39, 0.29) is 5.92 Å². The molecule has 0 spiro atoms. The Labute approximate surface area is 95.6 Å². The summed E-state index contributed by atoms with van der Waals surface area (Å²) >= 11 is 0. The van der Waals surface area contributed by atoms with Crippen LogP contribution in [0.2, 0.25) is 0 Å². The molecule has 1 nitrogen and oxygen atoms in total. The van der Waals surface area contributed by atoms with E-state index in [1.54, 1.807) is 0 Å². The minimum Gasteiger partial charge on any atom is -0.299 e. The van der Waals surface area contributed by atoms with Crippen molar-refractivity contribution in [1.29, 1.82) is 0 Å². The van der Waals surface area contributed by atoms with Crippen LogP contribution >= 0.6 is 0 Å². The van der Waals surface area contributed by atoms with Gasteiger partial charge in [-0.2, -0.15) is 0 Å². The van der Waals surface area contributed by atoms with E-state index in [9.17, 15) is 4.79 Å². The second kappa shape index (κ2) is 7.90. The van der Waals surface area contributed by atoms with Gasteiger partial charge in [-0.15, -0.1) is 0 Å². The fourth-order valence-electron chi connectivity index (χ4n) is 1.70. The molecule has 0 N–H and O–H groups in total. The van der Waals surface area contributed by atoms with E-state index >= 15 is 0 Å². The molecule has 0 aliphatic rings. The first kappa shape index (κ1) is 14.7. The van der Waals surface area contributed by atoms with Crippen molar-refractivity contribution >= 4 is 5.78 Å². The lowest BCUT2D eigenvalue weighted by molar-refractivity contribution is -0.122. The number of carbonyl (C=O) groups is 1. The first-order valence-corrected chi connectivity index (χ1v) is 6.46. The number of Topliss-reactive ketones (excluding diaryl/α,β-unsaturated/α-hetero) is 1. The summed E-state index contributed by atoms with van der Waals surface area (Å²) in [5.41, 5.74) is 0. The molecule has 1 atom stereocenters. The highest BCUT2D eigenvalue weighted by atomic mass is 16.1. The molecule has 0 saturated heterocycles. The Kier molecular flexibility index (Phi) is 7.72. The monoisotopic (exact) mass is 212 g/mol. The Bertz CT molecular complexity index is 170. The van der Waals surface area contributed by atoms with Crippen LogP contribution in [0.25, 0.3) is 0 Å². The third kappa shape index (κ3) is 8.65. The lowest BCUT2D eigenvalue weighted by Gasteiger charge is -2.12. The van der Waals surface area contributed by atoms with Gasteiger partial charge in [-0.1, -0.05) is 53.9 Å². The molecule has 0 radical (unpaired) electrons. The van der Waals surface area contributed by atoms with E-state index in [1.807, 2.05) is 13.8 Å². The molecule has 0 saturated carbocycles. The Balaban J connectivity index is 3.49. The highest BCUT2D eigenvalue weighted by Crippen LogP contribution is 2.17. The van der Waals surface area contributed by atoms with Crippen LogP contribution in [0.3, 0.4) is 0 Å². The smallest absolute Gasteiger partial charge is 0.135 e. The van der Waals surface area contributed by atoms with E-state index in [4.69, 9.17) is 0 Å². The van der Waals surface area contributed by atoms with Crippen LogP contribution in [0.15, 0.2) is 0 Å². The number of hydrogen-bond acceptors (Lipinski definition) is 1. The first-order chi connectivity index (χ1) is 6.93. The summed E-state index contributed by atoms with van der Waals surface area (Å²) in [6, 6.07) is 0. The molecule has 0 fully saturated rings. The van der Waals surface area contributed by atoms with Crippen LogP contribution in [0.5, 0.6) is 0 Å². The van der Waals surface area contributed by atoms with Gasteiger partial charge in [-0.05, 0) is 18.3 Å². The van der Waals surface area contributed by atoms with Crippen LogP contribution in [0, 0.1) is 17.8 Å². The maximum atomic E-state index is 11.4. The number of rotatable bonds is 8. The predicted octanol–water partition coefficient (Wildman–Crippen LogP) is 4.45. The second-order valence-corrected chi connectivity index (χ2v) is 5.59. The van der Waals surface area contributed by atoms with Crippen molar-refractivity contribution in [3.63, 3.8) is 0 Å². The SMILES string of the molecule is CC(C)CCCC(C)CCC(=O)C(C)C. The topological polar surface area (TPSA) is 17.1 Å². The van der Waals surface area contributed by atoms with Crippen molar-refractivity contribution < 1.29 is 4.79 Å². The minimum atomic E-state index is 0.216. The van der Waals surface area contributed by atoms with Gasteiger partial charge < -0.3 is 0 Å². The fraction of sp³-hybridized carbons (Fsp3) is 0.929. The zero-order valence-electron chi connectivity index (χ0n) is 11.2. The van der Waals surface area contributed by atoms with E-state index in [2.05, 4.69) is 20.8 Å². The molecular weight excluding hydrogens is 184 g/mol.